The largest absolute Gasteiger partial charge is 0.388 e. The van der Waals surface area contributed by atoms with Crippen LogP contribution in [0.1, 0.15) is 39.2 Å². The van der Waals surface area contributed by atoms with E-state index in [1.54, 1.807) is 0 Å². The van der Waals surface area contributed by atoms with Gasteiger partial charge in [0.15, 0.2) is 0 Å². The third-order valence-corrected chi connectivity index (χ3v) is 13.9. The molecule has 0 aliphatic carbocycles. The number of ether oxygens (including phenoxy) is 2. The lowest BCUT2D eigenvalue weighted by Crippen LogP contribution is -2.66. The first-order valence-corrected chi connectivity index (χ1v) is 15.3. The van der Waals surface area contributed by atoms with Gasteiger partial charge in [-0.05, 0) is 23.1 Å². The van der Waals surface area contributed by atoms with Gasteiger partial charge in [-0.3, -0.25) is 0 Å². The van der Waals surface area contributed by atoms with Crippen molar-refractivity contribution < 1.29 is 14.6 Å². The molecule has 4 rings (SSSR count). The number of benzene rings is 3. The van der Waals surface area contributed by atoms with E-state index in [0.29, 0.717) is 19.4 Å². The molecule has 4 atom stereocenters. The molecule has 0 amide bonds. The van der Waals surface area contributed by atoms with Crippen molar-refractivity contribution in [3.63, 3.8) is 0 Å². The van der Waals surface area contributed by atoms with E-state index in [-0.39, 0.29) is 23.4 Å². The molecular formula is C32H40O3Si. The second kappa shape index (κ2) is 11.7. The molecule has 1 aliphatic heterocycles. The molecule has 3 aromatic rings. The van der Waals surface area contributed by atoms with Crippen molar-refractivity contribution in [2.75, 3.05) is 0 Å². The summed E-state index contributed by atoms with van der Waals surface area (Å²) < 4.78 is 13.0. The van der Waals surface area contributed by atoms with Crippen LogP contribution in [0.25, 0.3) is 0 Å². The Morgan fingerprint density at radius 1 is 0.917 bits per heavy atom. The standard InChI is InChI=1S/C32H40O3Si/c1-5-15-29-31(33)30(34-23-25-16-9-6-10-17-25)22-26(35-29)24-36(32(2,3)4,27-18-11-7-12-19-27)28-20-13-8-14-21-28/h5-14,16-21,26,29-31,33H,1,15,22-24H2,2-4H3/t26-,29+,30-,31+/m1/s1. The summed E-state index contributed by atoms with van der Waals surface area (Å²) in [5.41, 5.74) is 1.11. The van der Waals surface area contributed by atoms with Crippen molar-refractivity contribution in [2.24, 2.45) is 0 Å². The zero-order valence-electron chi connectivity index (χ0n) is 21.8. The van der Waals surface area contributed by atoms with Gasteiger partial charge < -0.3 is 14.6 Å². The lowest BCUT2D eigenvalue weighted by molar-refractivity contribution is -0.181. The molecule has 0 aromatic heterocycles. The van der Waals surface area contributed by atoms with Crippen LogP contribution in [0.5, 0.6) is 0 Å². The first kappa shape index (κ1) is 26.6. The molecule has 190 valence electrons. The average molecular weight is 501 g/mol. The van der Waals surface area contributed by atoms with Gasteiger partial charge in [-0.25, -0.2) is 0 Å². The fraction of sp³-hybridized carbons (Fsp3) is 0.375. The Hall–Kier alpha value is -2.50. The van der Waals surface area contributed by atoms with Gasteiger partial charge in [0.2, 0.25) is 0 Å². The van der Waals surface area contributed by atoms with Gasteiger partial charge in [0, 0.05) is 6.42 Å². The molecule has 0 radical (unpaired) electrons. The molecule has 1 heterocycles. The van der Waals surface area contributed by atoms with Gasteiger partial charge in [0.25, 0.3) is 0 Å². The van der Waals surface area contributed by atoms with Crippen LogP contribution >= 0.6 is 0 Å². The second-order valence-corrected chi connectivity index (χ2v) is 15.8. The zero-order valence-corrected chi connectivity index (χ0v) is 22.8. The molecule has 0 saturated carbocycles. The lowest BCUT2D eigenvalue weighted by atomic mass is 9.96. The molecule has 1 saturated heterocycles. The summed E-state index contributed by atoms with van der Waals surface area (Å²) in [7, 11) is -2.32. The molecule has 0 unspecified atom stereocenters. The summed E-state index contributed by atoms with van der Waals surface area (Å²) in [5, 5.41) is 14.0. The Kier molecular flexibility index (Phi) is 8.63. The summed E-state index contributed by atoms with van der Waals surface area (Å²) in [6.45, 7) is 11.5. The predicted octanol–water partition coefficient (Wildman–Crippen LogP) is 5.73. The van der Waals surface area contributed by atoms with Crippen LogP contribution in [-0.2, 0) is 16.1 Å². The Morgan fingerprint density at radius 3 is 1.94 bits per heavy atom. The minimum absolute atomic E-state index is 0.0228. The van der Waals surface area contributed by atoms with E-state index in [1.165, 1.54) is 10.4 Å². The molecule has 0 bridgehead atoms. The topological polar surface area (TPSA) is 38.7 Å². The molecule has 0 spiro atoms. The maximum absolute atomic E-state index is 11.2. The summed E-state index contributed by atoms with van der Waals surface area (Å²) >= 11 is 0. The SMILES string of the molecule is C=CC[C@@H]1O[C@@H](C[Si](c2ccccc2)(c2ccccc2)C(C)(C)C)C[C@@H](OCc2ccccc2)[C@H]1O. The number of hydrogen-bond donors (Lipinski definition) is 1. The molecule has 3 aromatic carbocycles. The quantitative estimate of drug-likeness (QED) is 0.301. The summed E-state index contributed by atoms with van der Waals surface area (Å²) in [6, 6.07) is 33.1. The van der Waals surface area contributed by atoms with Crippen molar-refractivity contribution in [3.05, 3.63) is 109 Å². The van der Waals surface area contributed by atoms with Gasteiger partial charge in [0.1, 0.15) is 14.2 Å². The van der Waals surface area contributed by atoms with Crippen LogP contribution < -0.4 is 10.4 Å². The van der Waals surface area contributed by atoms with E-state index in [0.717, 1.165) is 11.6 Å². The monoisotopic (exact) mass is 500 g/mol. The minimum atomic E-state index is -2.32. The number of aliphatic hydroxyl groups is 1. The van der Waals surface area contributed by atoms with Crippen LogP contribution in [0.15, 0.2) is 104 Å². The molecule has 3 nitrogen and oxygen atoms in total. The molecule has 1 N–H and O–H groups in total. The molecular weight excluding hydrogens is 460 g/mol. The first-order valence-electron chi connectivity index (χ1n) is 13.1. The highest BCUT2D eigenvalue weighted by Crippen LogP contribution is 2.42. The van der Waals surface area contributed by atoms with Crippen LogP contribution in [0.2, 0.25) is 11.1 Å². The first-order chi connectivity index (χ1) is 17.3. The van der Waals surface area contributed by atoms with E-state index in [1.807, 2.05) is 24.3 Å². The summed E-state index contributed by atoms with van der Waals surface area (Å²) in [5.74, 6) is 0. The Balaban J connectivity index is 1.69. The van der Waals surface area contributed by atoms with Crippen molar-refractivity contribution >= 4 is 18.4 Å². The Labute approximate surface area is 217 Å². The highest BCUT2D eigenvalue weighted by atomic mass is 28.3. The maximum Gasteiger partial charge on any atom is 0.125 e. The highest BCUT2D eigenvalue weighted by Gasteiger charge is 2.51. The third kappa shape index (κ3) is 5.73. The normalized spacial score (nSPS) is 22.8. The van der Waals surface area contributed by atoms with Crippen LogP contribution in [0, 0.1) is 0 Å². The van der Waals surface area contributed by atoms with Gasteiger partial charge in [-0.15, -0.1) is 6.58 Å². The second-order valence-electron chi connectivity index (χ2n) is 11.0. The average Bonchev–Trinajstić information content (AvgIpc) is 2.89. The Morgan fingerprint density at radius 2 is 1.44 bits per heavy atom. The van der Waals surface area contributed by atoms with E-state index in [4.69, 9.17) is 9.47 Å². The number of hydrogen-bond acceptors (Lipinski definition) is 3. The van der Waals surface area contributed by atoms with Crippen molar-refractivity contribution in [1.82, 2.24) is 0 Å². The maximum atomic E-state index is 11.2. The molecule has 1 aliphatic rings. The van der Waals surface area contributed by atoms with Crippen LogP contribution in [-0.4, -0.2) is 37.6 Å². The summed E-state index contributed by atoms with van der Waals surface area (Å²) in [6.07, 6.45) is 1.81. The van der Waals surface area contributed by atoms with Gasteiger partial charge in [-0.1, -0.05) is 128 Å². The molecule has 36 heavy (non-hydrogen) atoms. The zero-order chi connectivity index (χ0) is 25.6. The van der Waals surface area contributed by atoms with Gasteiger partial charge >= 0.3 is 0 Å². The van der Waals surface area contributed by atoms with Gasteiger partial charge in [-0.2, -0.15) is 0 Å². The van der Waals surface area contributed by atoms with E-state index < -0.39 is 14.2 Å². The van der Waals surface area contributed by atoms with E-state index in [2.05, 4.69) is 100 Å². The van der Waals surface area contributed by atoms with E-state index in [9.17, 15) is 5.11 Å². The van der Waals surface area contributed by atoms with Crippen molar-refractivity contribution in [2.45, 2.75) is 75.7 Å². The smallest absolute Gasteiger partial charge is 0.125 e. The van der Waals surface area contributed by atoms with Crippen LogP contribution in [0.3, 0.4) is 0 Å². The summed E-state index contributed by atoms with van der Waals surface area (Å²) in [4.78, 5) is 0. The number of rotatable bonds is 9. The number of aliphatic hydroxyl groups excluding tert-OH is 1. The van der Waals surface area contributed by atoms with Crippen molar-refractivity contribution in [3.8, 4) is 0 Å². The highest BCUT2D eigenvalue weighted by molar-refractivity contribution is 7.04. The molecule has 1 fully saturated rings. The predicted molar refractivity (Wildman–Crippen MR) is 152 cm³/mol. The fourth-order valence-corrected chi connectivity index (χ4v) is 11.4. The van der Waals surface area contributed by atoms with Crippen molar-refractivity contribution in [1.29, 1.82) is 0 Å². The third-order valence-electron chi connectivity index (χ3n) is 7.68. The Bertz CT molecular complexity index is 1040. The van der Waals surface area contributed by atoms with E-state index >= 15 is 0 Å². The lowest BCUT2D eigenvalue weighted by Gasteiger charge is -2.48. The van der Waals surface area contributed by atoms with Gasteiger partial charge in [0.05, 0.1) is 24.9 Å². The fourth-order valence-electron chi connectivity index (χ4n) is 5.82. The minimum Gasteiger partial charge on any atom is -0.388 e. The molecule has 4 heteroatoms. The van der Waals surface area contributed by atoms with Crippen LogP contribution in [0.4, 0.5) is 0 Å².